The number of fused-ring (bicyclic) bond motifs is 1. The number of non-ortho nitro benzene ring substituents is 1. The summed E-state index contributed by atoms with van der Waals surface area (Å²) in [6, 6.07) is 3.49. The van der Waals surface area contributed by atoms with Gasteiger partial charge in [0.2, 0.25) is 5.89 Å². The Kier molecular flexibility index (Phi) is 2.76. The maximum atomic E-state index is 11.5. The van der Waals surface area contributed by atoms with Gasteiger partial charge < -0.3 is 9.52 Å². The van der Waals surface area contributed by atoms with Crippen LogP contribution in [-0.4, -0.2) is 21.0 Å². The quantitative estimate of drug-likeness (QED) is 0.628. The molecule has 1 aromatic carbocycles. The molecule has 0 atom stereocenters. The van der Waals surface area contributed by atoms with Gasteiger partial charge in [-0.25, -0.2) is 9.78 Å². The highest BCUT2D eigenvalue weighted by molar-refractivity contribution is 5.80. The SMILES string of the molecule is O=C(O)Cc1nc2ccc([N+](=O)[O-])cc2c(=O)o1. The van der Waals surface area contributed by atoms with Gasteiger partial charge in [-0.3, -0.25) is 14.9 Å². The molecule has 0 fully saturated rings. The molecule has 0 aliphatic carbocycles. The number of hydrogen-bond donors (Lipinski definition) is 1. The molecule has 1 N–H and O–H groups in total. The summed E-state index contributed by atoms with van der Waals surface area (Å²) in [6.45, 7) is 0. The fourth-order valence-electron chi connectivity index (χ4n) is 1.42. The van der Waals surface area contributed by atoms with Crippen LogP contribution in [0.4, 0.5) is 5.69 Å². The molecule has 18 heavy (non-hydrogen) atoms. The van der Waals surface area contributed by atoms with Crippen molar-refractivity contribution < 1.29 is 19.2 Å². The highest BCUT2D eigenvalue weighted by atomic mass is 16.6. The molecule has 0 aliphatic rings. The summed E-state index contributed by atoms with van der Waals surface area (Å²) in [7, 11) is 0. The fourth-order valence-corrected chi connectivity index (χ4v) is 1.42. The topological polar surface area (TPSA) is 124 Å². The van der Waals surface area contributed by atoms with Gasteiger partial charge in [0.15, 0.2) is 0 Å². The zero-order valence-corrected chi connectivity index (χ0v) is 8.82. The smallest absolute Gasteiger partial charge is 0.347 e. The van der Waals surface area contributed by atoms with E-state index in [1.165, 1.54) is 12.1 Å². The molecular formula is C10H6N2O6. The average molecular weight is 250 g/mol. The number of nitro groups is 1. The number of aromatic nitrogens is 1. The molecule has 1 heterocycles. The number of nitrogens with zero attached hydrogens (tertiary/aromatic N) is 2. The second kappa shape index (κ2) is 4.24. The minimum absolute atomic E-state index is 0.0571. The lowest BCUT2D eigenvalue weighted by atomic mass is 10.2. The minimum atomic E-state index is -1.19. The number of aliphatic carboxylic acids is 1. The van der Waals surface area contributed by atoms with Crippen molar-refractivity contribution in [1.82, 2.24) is 4.98 Å². The molecule has 0 saturated heterocycles. The largest absolute Gasteiger partial charge is 0.481 e. The molecule has 8 heteroatoms. The summed E-state index contributed by atoms with van der Waals surface area (Å²) < 4.78 is 4.67. The predicted octanol–water partition coefficient (Wildman–Crippen LogP) is 0.723. The molecule has 1 aromatic heterocycles. The summed E-state index contributed by atoms with van der Waals surface area (Å²) in [5, 5.41) is 19.0. The van der Waals surface area contributed by atoms with Crippen molar-refractivity contribution in [3.05, 3.63) is 44.6 Å². The van der Waals surface area contributed by atoms with E-state index in [0.717, 1.165) is 6.07 Å². The van der Waals surface area contributed by atoms with Crippen molar-refractivity contribution in [2.75, 3.05) is 0 Å². The van der Waals surface area contributed by atoms with Crippen molar-refractivity contribution >= 4 is 22.6 Å². The van der Waals surface area contributed by atoms with E-state index in [1.54, 1.807) is 0 Å². The predicted molar refractivity (Wildman–Crippen MR) is 58.3 cm³/mol. The van der Waals surface area contributed by atoms with Crippen molar-refractivity contribution in [3.8, 4) is 0 Å². The lowest BCUT2D eigenvalue weighted by Gasteiger charge is -1.99. The maximum absolute atomic E-state index is 11.5. The minimum Gasteiger partial charge on any atom is -0.481 e. The number of benzene rings is 1. The fraction of sp³-hybridized carbons (Fsp3) is 0.100. The zero-order valence-electron chi connectivity index (χ0n) is 8.82. The first-order valence-electron chi connectivity index (χ1n) is 4.77. The van der Waals surface area contributed by atoms with E-state index >= 15 is 0 Å². The first-order chi connectivity index (χ1) is 8.47. The van der Waals surface area contributed by atoms with E-state index in [4.69, 9.17) is 5.11 Å². The third kappa shape index (κ3) is 2.17. The van der Waals surface area contributed by atoms with Crippen LogP contribution in [-0.2, 0) is 11.2 Å². The third-order valence-electron chi connectivity index (χ3n) is 2.17. The summed E-state index contributed by atoms with van der Waals surface area (Å²) >= 11 is 0. The van der Waals surface area contributed by atoms with Crippen LogP contribution in [0.3, 0.4) is 0 Å². The van der Waals surface area contributed by atoms with Crippen LogP contribution in [0, 0.1) is 10.1 Å². The first kappa shape index (κ1) is 11.7. The monoisotopic (exact) mass is 250 g/mol. The van der Waals surface area contributed by atoms with Crippen LogP contribution in [0.25, 0.3) is 10.9 Å². The summed E-state index contributed by atoms with van der Waals surface area (Å²) in [5.41, 5.74) is -0.948. The van der Waals surface area contributed by atoms with Crippen LogP contribution in [0.5, 0.6) is 0 Å². The number of rotatable bonds is 3. The second-order valence-electron chi connectivity index (χ2n) is 3.42. The highest BCUT2D eigenvalue weighted by Crippen LogP contribution is 2.17. The summed E-state index contributed by atoms with van der Waals surface area (Å²) in [4.78, 5) is 35.7. The molecule has 0 saturated carbocycles. The molecule has 0 unspecified atom stereocenters. The van der Waals surface area contributed by atoms with Crippen molar-refractivity contribution in [2.45, 2.75) is 6.42 Å². The third-order valence-corrected chi connectivity index (χ3v) is 2.17. The molecule has 8 nitrogen and oxygen atoms in total. The molecular weight excluding hydrogens is 244 g/mol. The Morgan fingerprint density at radius 2 is 2.22 bits per heavy atom. The van der Waals surface area contributed by atoms with E-state index in [0.29, 0.717) is 0 Å². The Bertz CT molecular complexity index is 705. The number of carbonyl (C=O) groups is 1. The van der Waals surface area contributed by atoms with Gasteiger partial charge in [0.1, 0.15) is 6.42 Å². The Morgan fingerprint density at radius 1 is 1.50 bits per heavy atom. The highest BCUT2D eigenvalue weighted by Gasteiger charge is 2.13. The number of carboxylic acids is 1. The van der Waals surface area contributed by atoms with Gasteiger partial charge in [-0.15, -0.1) is 0 Å². The van der Waals surface area contributed by atoms with E-state index in [2.05, 4.69) is 9.40 Å². The lowest BCUT2D eigenvalue weighted by molar-refractivity contribution is -0.384. The molecule has 92 valence electrons. The van der Waals surface area contributed by atoms with E-state index in [9.17, 15) is 19.7 Å². The van der Waals surface area contributed by atoms with Gasteiger partial charge >= 0.3 is 11.6 Å². The van der Waals surface area contributed by atoms with Crippen LogP contribution >= 0.6 is 0 Å². The summed E-state index contributed by atoms with van der Waals surface area (Å²) in [5.74, 6) is -1.43. The molecule has 2 aromatic rings. The number of carboxylic acid groups (broad SMARTS) is 1. The molecule has 0 radical (unpaired) electrons. The Balaban J connectivity index is 2.62. The first-order valence-corrected chi connectivity index (χ1v) is 4.77. The van der Waals surface area contributed by atoms with Crippen LogP contribution in [0.2, 0.25) is 0 Å². The van der Waals surface area contributed by atoms with Gasteiger partial charge in [-0.05, 0) is 6.07 Å². The van der Waals surface area contributed by atoms with Gasteiger partial charge in [0.25, 0.3) is 5.69 Å². The number of hydrogen-bond acceptors (Lipinski definition) is 6. The van der Waals surface area contributed by atoms with Crippen LogP contribution in [0.15, 0.2) is 27.4 Å². The lowest BCUT2D eigenvalue weighted by Crippen LogP contribution is -2.09. The average Bonchev–Trinajstić information content (AvgIpc) is 2.27. The molecule has 0 amide bonds. The van der Waals surface area contributed by atoms with Gasteiger partial charge in [-0.2, -0.15) is 0 Å². The zero-order chi connectivity index (χ0) is 13.3. The van der Waals surface area contributed by atoms with Gasteiger partial charge in [0, 0.05) is 12.1 Å². The van der Waals surface area contributed by atoms with Crippen molar-refractivity contribution in [1.29, 1.82) is 0 Å². The molecule has 0 aliphatic heterocycles. The molecule has 2 rings (SSSR count). The standard InChI is InChI=1S/C10H6N2O6/c13-9(14)4-8-11-7-2-1-5(12(16)17)3-6(7)10(15)18-8/h1-3H,4H2,(H,13,14). The van der Waals surface area contributed by atoms with E-state index in [1.807, 2.05) is 0 Å². The van der Waals surface area contributed by atoms with Crippen LogP contribution < -0.4 is 5.63 Å². The normalized spacial score (nSPS) is 10.4. The molecule has 0 bridgehead atoms. The Hall–Kier alpha value is -2.77. The van der Waals surface area contributed by atoms with E-state index in [-0.39, 0.29) is 22.5 Å². The second-order valence-corrected chi connectivity index (χ2v) is 3.42. The maximum Gasteiger partial charge on any atom is 0.347 e. The van der Waals surface area contributed by atoms with Gasteiger partial charge in [-0.1, -0.05) is 0 Å². The van der Waals surface area contributed by atoms with Crippen LogP contribution in [0.1, 0.15) is 5.89 Å². The Morgan fingerprint density at radius 3 is 2.83 bits per heavy atom. The van der Waals surface area contributed by atoms with Gasteiger partial charge in [0.05, 0.1) is 15.8 Å². The van der Waals surface area contributed by atoms with E-state index < -0.39 is 22.9 Å². The number of nitro benzene ring substituents is 1. The van der Waals surface area contributed by atoms with Crippen molar-refractivity contribution in [2.24, 2.45) is 0 Å². The summed E-state index contributed by atoms with van der Waals surface area (Å²) in [6.07, 6.45) is -0.526. The van der Waals surface area contributed by atoms with Crippen molar-refractivity contribution in [3.63, 3.8) is 0 Å². The molecule has 0 spiro atoms. The Labute approximate surface area is 98.6 Å².